The van der Waals surface area contributed by atoms with E-state index in [9.17, 15) is 10.2 Å². The van der Waals surface area contributed by atoms with Crippen LogP contribution in [0.3, 0.4) is 0 Å². The summed E-state index contributed by atoms with van der Waals surface area (Å²) in [5.74, 6) is 0.464. The minimum Gasteiger partial charge on any atom is -0.396 e. The highest BCUT2D eigenvalue weighted by Crippen LogP contribution is 2.43. The number of halogens is 1. The Labute approximate surface area is 115 Å². The van der Waals surface area contributed by atoms with Crippen LogP contribution in [0.2, 0.25) is 0 Å². The molecule has 2 rings (SSSR count). The number of thiophene rings is 1. The summed E-state index contributed by atoms with van der Waals surface area (Å²) >= 11 is 5.23. The van der Waals surface area contributed by atoms with Crippen LogP contribution in [-0.4, -0.2) is 23.4 Å². The van der Waals surface area contributed by atoms with Gasteiger partial charge in [0.15, 0.2) is 0 Å². The fourth-order valence-electron chi connectivity index (χ4n) is 2.87. The zero-order chi connectivity index (χ0) is 12.3. The maximum absolute atomic E-state index is 9.76. The Morgan fingerprint density at radius 2 is 1.94 bits per heavy atom. The zero-order valence-electron chi connectivity index (χ0n) is 9.86. The van der Waals surface area contributed by atoms with E-state index < -0.39 is 0 Å². The van der Waals surface area contributed by atoms with Gasteiger partial charge in [-0.25, -0.2) is 0 Å². The smallest absolute Gasteiger partial charge is 0.0515 e. The first-order chi connectivity index (χ1) is 8.22. The van der Waals surface area contributed by atoms with E-state index in [1.807, 2.05) is 11.4 Å². The first-order valence-electron chi connectivity index (χ1n) is 6.15. The Bertz CT molecular complexity index is 354. The van der Waals surface area contributed by atoms with Gasteiger partial charge in [0.05, 0.1) is 13.2 Å². The van der Waals surface area contributed by atoms with E-state index in [1.54, 1.807) is 11.3 Å². The van der Waals surface area contributed by atoms with Gasteiger partial charge >= 0.3 is 0 Å². The first kappa shape index (κ1) is 13.5. The molecule has 0 bridgehead atoms. The molecule has 0 radical (unpaired) electrons. The second-order valence-corrected chi connectivity index (χ2v) is 6.88. The third-order valence-electron chi connectivity index (χ3n) is 4.05. The molecule has 0 amide bonds. The summed E-state index contributed by atoms with van der Waals surface area (Å²) in [5, 5.41) is 21.6. The zero-order valence-corrected chi connectivity index (χ0v) is 12.3. The molecular formula is C13H19BrO2S. The number of hydrogen-bond acceptors (Lipinski definition) is 3. The van der Waals surface area contributed by atoms with Gasteiger partial charge in [-0.1, -0.05) is 12.8 Å². The largest absolute Gasteiger partial charge is 0.396 e. The van der Waals surface area contributed by atoms with Gasteiger partial charge in [-0.2, -0.15) is 0 Å². The molecule has 2 N–H and O–H groups in total. The highest BCUT2D eigenvalue weighted by Gasteiger charge is 2.40. The number of aliphatic hydroxyl groups excluding tert-OH is 2. The van der Waals surface area contributed by atoms with Crippen LogP contribution in [0.25, 0.3) is 0 Å². The fraction of sp³-hybridized carbons (Fsp3) is 0.692. The average Bonchev–Trinajstić information content (AvgIpc) is 2.98. The molecule has 1 aromatic heterocycles. The lowest BCUT2D eigenvalue weighted by Gasteiger charge is -2.35. The molecule has 0 atom stereocenters. The minimum absolute atomic E-state index is 0.0819. The van der Waals surface area contributed by atoms with Crippen LogP contribution in [0.4, 0.5) is 0 Å². The summed E-state index contributed by atoms with van der Waals surface area (Å²) < 4.78 is 1.10. The molecule has 0 aromatic carbocycles. The third kappa shape index (κ3) is 2.75. The predicted molar refractivity (Wildman–Crippen MR) is 74.3 cm³/mol. The number of rotatable bonds is 5. The van der Waals surface area contributed by atoms with Gasteiger partial charge in [-0.15, -0.1) is 11.3 Å². The van der Waals surface area contributed by atoms with Crippen LogP contribution in [0, 0.1) is 11.3 Å². The Morgan fingerprint density at radius 1 is 1.29 bits per heavy atom. The molecule has 1 fully saturated rings. The molecule has 2 nitrogen and oxygen atoms in total. The fourth-order valence-corrected chi connectivity index (χ4v) is 4.52. The second-order valence-electron chi connectivity index (χ2n) is 5.03. The van der Waals surface area contributed by atoms with Crippen LogP contribution >= 0.6 is 27.3 Å². The topological polar surface area (TPSA) is 40.5 Å². The maximum atomic E-state index is 9.76. The van der Waals surface area contributed by atoms with Crippen molar-refractivity contribution in [2.24, 2.45) is 11.3 Å². The third-order valence-corrected chi connectivity index (χ3v) is 5.98. The highest BCUT2D eigenvalue weighted by atomic mass is 79.9. The lowest BCUT2D eigenvalue weighted by Crippen LogP contribution is -2.39. The van der Waals surface area contributed by atoms with Crippen molar-refractivity contribution in [3.63, 3.8) is 0 Å². The van der Waals surface area contributed by atoms with Crippen LogP contribution in [0.1, 0.15) is 30.6 Å². The maximum Gasteiger partial charge on any atom is 0.0515 e. The minimum atomic E-state index is -0.329. The van der Waals surface area contributed by atoms with Crippen molar-refractivity contribution in [3.05, 3.63) is 20.8 Å². The highest BCUT2D eigenvalue weighted by molar-refractivity contribution is 9.10. The van der Waals surface area contributed by atoms with Crippen LogP contribution < -0.4 is 0 Å². The predicted octanol–water partition coefficient (Wildman–Crippen LogP) is 3.21. The van der Waals surface area contributed by atoms with Crippen molar-refractivity contribution < 1.29 is 10.2 Å². The SMILES string of the molecule is OCC(CO)(Cc1sccc1Br)C1CCCC1. The van der Waals surface area contributed by atoms with Crippen LogP contribution in [0.5, 0.6) is 0 Å². The molecule has 1 aliphatic carbocycles. The summed E-state index contributed by atoms with van der Waals surface area (Å²) in [5.41, 5.74) is -0.329. The molecule has 1 heterocycles. The summed E-state index contributed by atoms with van der Waals surface area (Å²) in [6.07, 6.45) is 5.53. The van der Waals surface area contributed by atoms with Crippen molar-refractivity contribution in [3.8, 4) is 0 Å². The molecule has 0 saturated heterocycles. The molecule has 1 aromatic rings. The van der Waals surface area contributed by atoms with E-state index in [2.05, 4.69) is 15.9 Å². The standard InChI is InChI=1S/C13H19BrO2S/c14-11-5-6-17-12(11)7-13(8-15,9-16)10-3-1-2-4-10/h5-6,10,15-16H,1-4,7-9H2. The first-order valence-corrected chi connectivity index (χ1v) is 7.83. The van der Waals surface area contributed by atoms with Gasteiger partial charge in [-0.05, 0) is 52.6 Å². The number of aliphatic hydroxyl groups is 2. The van der Waals surface area contributed by atoms with E-state index in [0.29, 0.717) is 5.92 Å². The monoisotopic (exact) mass is 318 g/mol. The van der Waals surface area contributed by atoms with Gasteiger partial charge in [-0.3, -0.25) is 0 Å². The molecular weight excluding hydrogens is 300 g/mol. The van der Waals surface area contributed by atoms with Crippen molar-refractivity contribution in [1.29, 1.82) is 0 Å². The quantitative estimate of drug-likeness (QED) is 0.875. The number of hydrogen-bond donors (Lipinski definition) is 2. The second kappa shape index (κ2) is 5.83. The lowest BCUT2D eigenvalue weighted by atomic mass is 9.72. The Balaban J connectivity index is 2.18. The van der Waals surface area contributed by atoms with Gasteiger partial charge in [0.1, 0.15) is 0 Å². The molecule has 96 valence electrons. The summed E-state index contributed by atoms with van der Waals surface area (Å²) in [4.78, 5) is 1.24. The van der Waals surface area contributed by atoms with Crippen molar-refractivity contribution >= 4 is 27.3 Å². The van der Waals surface area contributed by atoms with Gasteiger partial charge in [0.2, 0.25) is 0 Å². The van der Waals surface area contributed by atoms with Gasteiger partial charge in [0.25, 0.3) is 0 Å². The molecule has 4 heteroatoms. The summed E-state index contributed by atoms with van der Waals surface area (Å²) in [7, 11) is 0. The van der Waals surface area contributed by atoms with E-state index >= 15 is 0 Å². The van der Waals surface area contributed by atoms with E-state index in [1.165, 1.54) is 17.7 Å². The van der Waals surface area contributed by atoms with Crippen LogP contribution in [-0.2, 0) is 6.42 Å². The Hall–Kier alpha value is 0.100. The molecule has 0 spiro atoms. The van der Waals surface area contributed by atoms with E-state index in [-0.39, 0.29) is 18.6 Å². The molecule has 0 unspecified atom stereocenters. The Kier molecular flexibility index (Phi) is 4.64. The summed E-state index contributed by atoms with van der Waals surface area (Å²) in [6.45, 7) is 0.164. The van der Waals surface area contributed by atoms with E-state index in [0.717, 1.165) is 23.7 Å². The van der Waals surface area contributed by atoms with Crippen molar-refractivity contribution in [1.82, 2.24) is 0 Å². The molecule has 17 heavy (non-hydrogen) atoms. The molecule has 1 saturated carbocycles. The molecule has 1 aliphatic rings. The molecule has 0 aliphatic heterocycles. The van der Waals surface area contributed by atoms with Crippen LogP contribution in [0.15, 0.2) is 15.9 Å². The summed E-state index contributed by atoms with van der Waals surface area (Å²) in [6, 6.07) is 2.04. The van der Waals surface area contributed by atoms with Gasteiger partial charge < -0.3 is 10.2 Å². The Morgan fingerprint density at radius 3 is 2.41 bits per heavy atom. The lowest BCUT2D eigenvalue weighted by molar-refractivity contribution is 0.00623. The van der Waals surface area contributed by atoms with Crippen molar-refractivity contribution in [2.75, 3.05) is 13.2 Å². The normalized spacial score (nSPS) is 17.8. The average molecular weight is 319 g/mol. The van der Waals surface area contributed by atoms with Crippen molar-refractivity contribution in [2.45, 2.75) is 32.1 Å². The van der Waals surface area contributed by atoms with Gasteiger partial charge in [0, 0.05) is 14.8 Å². The van der Waals surface area contributed by atoms with E-state index in [4.69, 9.17) is 0 Å².